The molecule has 0 bridgehead atoms. The zero-order valence-electron chi connectivity index (χ0n) is 9.07. The lowest BCUT2D eigenvalue weighted by atomic mass is 10.3. The van der Waals surface area contributed by atoms with Crippen molar-refractivity contribution in [1.82, 2.24) is 0 Å². The molecule has 0 aliphatic carbocycles. The van der Waals surface area contributed by atoms with Crippen molar-refractivity contribution < 1.29 is 17.9 Å². The van der Waals surface area contributed by atoms with Gasteiger partial charge >= 0.3 is 0 Å². The number of hydrogen-bond acceptors (Lipinski definition) is 3. The number of nitrogens with one attached hydrogen (secondary N) is 1. The summed E-state index contributed by atoms with van der Waals surface area (Å²) in [6, 6.07) is 3.11. The third-order valence-corrected chi connectivity index (χ3v) is 3.41. The van der Waals surface area contributed by atoms with E-state index in [0.29, 0.717) is 0 Å². The summed E-state index contributed by atoms with van der Waals surface area (Å²) in [6.07, 6.45) is 0. The molecular formula is C10H14FNO3S. The van der Waals surface area contributed by atoms with E-state index in [4.69, 9.17) is 0 Å². The SMILES string of the molecule is CC(C)CS(=O)(=O)Nc1ccc(F)cc1O. The first-order chi connectivity index (χ1) is 7.30. The highest BCUT2D eigenvalue weighted by Gasteiger charge is 2.14. The Morgan fingerprint density at radius 3 is 2.56 bits per heavy atom. The van der Waals surface area contributed by atoms with Crippen LogP contribution in [0.25, 0.3) is 0 Å². The fourth-order valence-electron chi connectivity index (χ4n) is 1.24. The molecule has 0 unspecified atom stereocenters. The Hall–Kier alpha value is -1.30. The first-order valence-electron chi connectivity index (χ1n) is 4.79. The number of phenols is 1. The second-order valence-electron chi connectivity index (χ2n) is 3.94. The summed E-state index contributed by atoms with van der Waals surface area (Å²) in [5.41, 5.74) is -0.0120. The maximum atomic E-state index is 12.7. The molecule has 90 valence electrons. The molecule has 1 aromatic rings. The van der Waals surface area contributed by atoms with Crippen LogP contribution in [0, 0.1) is 11.7 Å². The summed E-state index contributed by atoms with van der Waals surface area (Å²) >= 11 is 0. The van der Waals surface area contributed by atoms with Crippen molar-refractivity contribution in [1.29, 1.82) is 0 Å². The Kier molecular flexibility index (Phi) is 3.74. The van der Waals surface area contributed by atoms with Gasteiger partial charge in [-0.15, -0.1) is 0 Å². The minimum Gasteiger partial charge on any atom is -0.506 e. The van der Waals surface area contributed by atoms with E-state index in [-0.39, 0.29) is 17.4 Å². The average Bonchev–Trinajstić information content (AvgIpc) is 2.07. The van der Waals surface area contributed by atoms with Crippen LogP contribution in [0.3, 0.4) is 0 Å². The second kappa shape index (κ2) is 4.69. The molecular weight excluding hydrogens is 233 g/mol. The Morgan fingerprint density at radius 1 is 1.44 bits per heavy atom. The summed E-state index contributed by atoms with van der Waals surface area (Å²) in [5, 5.41) is 9.32. The largest absolute Gasteiger partial charge is 0.506 e. The average molecular weight is 247 g/mol. The van der Waals surface area contributed by atoms with E-state index in [1.165, 1.54) is 6.07 Å². The Balaban J connectivity index is 2.88. The van der Waals surface area contributed by atoms with E-state index >= 15 is 0 Å². The van der Waals surface area contributed by atoms with Crippen LogP contribution in [0.15, 0.2) is 18.2 Å². The molecule has 4 nitrogen and oxygen atoms in total. The van der Waals surface area contributed by atoms with Crippen molar-refractivity contribution in [2.45, 2.75) is 13.8 Å². The monoisotopic (exact) mass is 247 g/mol. The van der Waals surface area contributed by atoms with Gasteiger partial charge in [0.1, 0.15) is 11.6 Å². The lowest BCUT2D eigenvalue weighted by molar-refractivity contribution is 0.471. The molecule has 2 N–H and O–H groups in total. The van der Waals surface area contributed by atoms with E-state index < -0.39 is 21.6 Å². The van der Waals surface area contributed by atoms with Gasteiger partial charge < -0.3 is 5.11 Å². The van der Waals surface area contributed by atoms with Crippen LogP contribution in [-0.2, 0) is 10.0 Å². The fourth-order valence-corrected chi connectivity index (χ4v) is 2.71. The van der Waals surface area contributed by atoms with Crippen LogP contribution in [-0.4, -0.2) is 19.3 Å². The Bertz CT molecular complexity index is 471. The van der Waals surface area contributed by atoms with Gasteiger partial charge in [0.05, 0.1) is 11.4 Å². The number of sulfonamides is 1. The lowest BCUT2D eigenvalue weighted by Gasteiger charge is -2.10. The third-order valence-electron chi connectivity index (χ3n) is 1.78. The molecule has 0 heterocycles. The molecule has 1 rings (SSSR count). The van der Waals surface area contributed by atoms with Gasteiger partial charge in [-0.1, -0.05) is 13.8 Å². The van der Waals surface area contributed by atoms with E-state index in [1.54, 1.807) is 13.8 Å². The normalized spacial score (nSPS) is 11.8. The highest BCUT2D eigenvalue weighted by molar-refractivity contribution is 7.92. The molecule has 0 amide bonds. The molecule has 0 aliphatic rings. The number of rotatable bonds is 4. The van der Waals surface area contributed by atoms with Gasteiger partial charge in [0.2, 0.25) is 10.0 Å². The predicted molar refractivity (Wildman–Crippen MR) is 60.3 cm³/mol. The van der Waals surface area contributed by atoms with E-state index in [0.717, 1.165) is 12.1 Å². The zero-order valence-corrected chi connectivity index (χ0v) is 9.88. The van der Waals surface area contributed by atoms with Gasteiger partial charge in [-0.25, -0.2) is 12.8 Å². The smallest absolute Gasteiger partial charge is 0.233 e. The minimum atomic E-state index is -3.50. The molecule has 6 heteroatoms. The van der Waals surface area contributed by atoms with E-state index in [1.807, 2.05) is 0 Å². The van der Waals surface area contributed by atoms with Crippen LogP contribution in [0.5, 0.6) is 5.75 Å². The van der Waals surface area contributed by atoms with Crippen molar-refractivity contribution >= 4 is 15.7 Å². The molecule has 0 saturated heterocycles. The van der Waals surface area contributed by atoms with Crippen molar-refractivity contribution in [2.75, 3.05) is 10.5 Å². The predicted octanol–water partition coefficient (Wildman–Crippen LogP) is 1.93. The van der Waals surface area contributed by atoms with Crippen molar-refractivity contribution in [3.63, 3.8) is 0 Å². The van der Waals surface area contributed by atoms with E-state index in [9.17, 15) is 17.9 Å². The van der Waals surface area contributed by atoms with Crippen molar-refractivity contribution in [3.05, 3.63) is 24.0 Å². The molecule has 0 radical (unpaired) electrons. The standard InChI is InChI=1S/C10H14FNO3S/c1-7(2)6-16(14,15)12-9-4-3-8(11)5-10(9)13/h3-5,7,12-13H,6H2,1-2H3. The van der Waals surface area contributed by atoms with Crippen LogP contribution < -0.4 is 4.72 Å². The van der Waals surface area contributed by atoms with Crippen LogP contribution in [0.4, 0.5) is 10.1 Å². The maximum Gasteiger partial charge on any atom is 0.233 e. The molecule has 0 aromatic heterocycles. The summed E-state index contributed by atoms with van der Waals surface area (Å²) in [4.78, 5) is 0. The molecule has 0 spiro atoms. The second-order valence-corrected chi connectivity index (χ2v) is 5.71. The number of hydrogen-bond donors (Lipinski definition) is 2. The van der Waals surface area contributed by atoms with Gasteiger partial charge in [0.15, 0.2) is 0 Å². The molecule has 0 atom stereocenters. The number of anilines is 1. The van der Waals surface area contributed by atoms with Crippen LogP contribution >= 0.6 is 0 Å². The van der Waals surface area contributed by atoms with Gasteiger partial charge in [0, 0.05) is 6.07 Å². The van der Waals surface area contributed by atoms with E-state index in [2.05, 4.69) is 4.72 Å². The molecule has 16 heavy (non-hydrogen) atoms. The van der Waals surface area contributed by atoms with Gasteiger partial charge in [0.25, 0.3) is 0 Å². The van der Waals surface area contributed by atoms with Crippen molar-refractivity contribution in [2.24, 2.45) is 5.92 Å². The summed E-state index contributed by atoms with van der Waals surface area (Å²) in [7, 11) is -3.50. The minimum absolute atomic E-state index is 0.0120. The first kappa shape index (κ1) is 12.8. The third kappa shape index (κ3) is 3.69. The van der Waals surface area contributed by atoms with Crippen molar-refractivity contribution in [3.8, 4) is 5.75 Å². The van der Waals surface area contributed by atoms with Gasteiger partial charge in [-0.3, -0.25) is 4.72 Å². The number of benzene rings is 1. The summed E-state index contributed by atoms with van der Waals surface area (Å²) in [6.45, 7) is 3.54. The summed E-state index contributed by atoms with van der Waals surface area (Å²) in [5.74, 6) is -1.12. The van der Waals surface area contributed by atoms with Gasteiger partial charge in [-0.2, -0.15) is 0 Å². The lowest BCUT2D eigenvalue weighted by Crippen LogP contribution is -2.20. The highest BCUT2D eigenvalue weighted by atomic mass is 32.2. The Morgan fingerprint density at radius 2 is 2.06 bits per heavy atom. The maximum absolute atomic E-state index is 12.7. The first-order valence-corrected chi connectivity index (χ1v) is 6.44. The topological polar surface area (TPSA) is 66.4 Å². The quantitative estimate of drug-likeness (QED) is 0.799. The molecule has 0 aliphatic heterocycles. The molecule has 0 saturated carbocycles. The molecule has 0 fully saturated rings. The summed E-state index contributed by atoms with van der Waals surface area (Å²) < 4.78 is 37.9. The Labute approximate surface area is 94.2 Å². The molecule has 1 aromatic carbocycles. The fraction of sp³-hybridized carbons (Fsp3) is 0.400. The number of aromatic hydroxyl groups is 1. The van der Waals surface area contributed by atoms with Crippen LogP contribution in [0.2, 0.25) is 0 Å². The number of phenolic OH excluding ortho intramolecular Hbond substituents is 1. The van der Waals surface area contributed by atoms with Gasteiger partial charge in [-0.05, 0) is 18.1 Å². The van der Waals surface area contributed by atoms with Crippen LogP contribution in [0.1, 0.15) is 13.8 Å². The zero-order chi connectivity index (χ0) is 12.3. The highest BCUT2D eigenvalue weighted by Crippen LogP contribution is 2.24. The number of halogens is 1.